The minimum Gasteiger partial charge on any atom is -0.497 e. The predicted octanol–water partition coefficient (Wildman–Crippen LogP) is 7.08. The summed E-state index contributed by atoms with van der Waals surface area (Å²) in [6, 6.07) is 3.72. The summed E-state index contributed by atoms with van der Waals surface area (Å²) in [5, 5.41) is 15.5. The number of benzene rings is 1. The van der Waals surface area contributed by atoms with Gasteiger partial charge in [0, 0.05) is 35.4 Å². The number of hydrogen-bond donors (Lipinski definition) is 4. The van der Waals surface area contributed by atoms with Gasteiger partial charge in [0.25, 0.3) is 0 Å². The van der Waals surface area contributed by atoms with Crippen LogP contribution >= 0.6 is 11.3 Å². The van der Waals surface area contributed by atoms with Crippen molar-refractivity contribution < 1.29 is 41.8 Å². The predicted molar refractivity (Wildman–Crippen MR) is 253 cm³/mol. The summed E-state index contributed by atoms with van der Waals surface area (Å²) in [5.41, 5.74) is 0.792. The summed E-state index contributed by atoms with van der Waals surface area (Å²) in [5.74, 6) is -0.781. The van der Waals surface area contributed by atoms with Crippen molar-refractivity contribution in [2.75, 3.05) is 31.8 Å². The molecule has 4 atom stereocenters. The highest BCUT2D eigenvalue weighted by atomic mass is 32.2. The van der Waals surface area contributed by atoms with Crippen molar-refractivity contribution in [2.24, 2.45) is 0 Å². The van der Waals surface area contributed by atoms with Crippen LogP contribution in [-0.4, -0.2) is 114 Å². The second kappa shape index (κ2) is 21.6. The molecule has 4 heterocycles. The van der Waals surface area contributed by atoms with E-state index in [4.69, 9.17) is 24.2 Å². The van der Waals surface area contributed by atoms with Crippen LogP contribution in [0.1, 0.15) is 118 Å². The molecule has 4 N–H and O–H groups in total. The third-order valence-electron chi connectivity index (χ3n) is 12.4. The van der Waals surface area contributed by atoms with Crippen molar-refractivity contribution in [2.45, 2.75) is 159 Å². The van der Waals surface area contributed by atoms with Gasteiger partial charge in [0.05, 0.1) is 48.0 Å². The molecule has 2 fully saturated rings. The SMILES string of the molecule is COC(=O)[C@@H]1CCC=CCCCCC[C@H](NC(=O)NC2(CS(=O)(=O)C(C)(C)C)CCCCC2)C(=O)N2CC(Oc3cc(-c4csc(NC(C)C)n4)nc4cc(OC)ccc34)C[C@H]2C(=O)N1. The molecule has 1 aromatic carbocycles. The first-order valence-corrected chi connectivity index (χ1v) is 25.5. The van der Waals surface area contributed by atoms with Crippen LogP contribution in [0.2, 0.25) is 0 Å². The maximum absolute atomic E-state index is 15.0. The smallest absolute Gasteiger partial charge is 0.328 e. The van der Waals surface area contributed by atoms with Crippen molar-refractivity contribution in [3.63, 3.8) is 0 Å². The zero-order valence-corrected chi connectivity index (χ0v) is 40.5. The summed E-state index contributed by atoms with van der Waals surface area (Å²) in [7, 11) is -0.769. The van der Waals surface area contributed by atoms with Crippen molar-refractivity contribution in [3.8, 4) is 22.9 Å². The fraction of sp³-hybridized carbons (Fsp3) is 0.617. The Hall–Kier alpha value is -4.97. The van der Waals surface area contributed by atoms with Gasteiger partial charge in [-0.15, -0.1) is 11.3 Å². The van der Waals surface area contributed by atoms with E-state index in [0.29, 0.717) is 65.9 Å². The Balaban J connectivity index is 1.33. The number of pyridine rings is 1. The Morgan fingerprint density at radius 2 is 1.71 bits per heavy atom. The summed E-state index contributed by atoms with van der Waals surface area (Å²) in [6.45, 7) is 9.04. The summed E-state index contributed by atoms with van der Waals surface area (Å²) < 4.78 is 43.5. The maximum Gasteiger partial charge on any atom is 0.328 e. The first kappa shape index (κ1) is 49.5. The van der Waals surface area contributed by atoms with Gasteiger partial charge in [0.2, 0.25) is 11.8 Å². The number of amides is 4. The van der Waals surface area contributed by atoms with E-state index >= 15 is 4.79 Å². The van der Waals surface area contributed by atoms with Gasteiger partial charge in [-0.25, -0.2) is 28.0 Å². The van der Waals surface area contributed by atoms with Crippen LogP contribution in [0.5, 0.6) is 11.5 Å². The van der Waals surface area contributed by atoms with Crippen molar-refractivity contribution in [3.05, 3.63) is 41.8 Å². The van der Waals surface area contributed by atoms with Crippen LogP contribution in [0, 0.1) is 0 Å². The summed E-state index contributed by atoms with van der Waals surface area (Å²) in [4.78, 5) is 67.7. The molecule has 0 bridgehead atoms. The van der Waals surface area contributed by atoms with Gasteiger partial charge >= 0.3 is 12.0 Å². The number of nitrogens with zero attached hydrogens (tertiary/aromatic N) is 3. The van der Waals surface area contributed by atoms with Gasteiger partial charge in [-0.1, -0.05) is 44.3 Å². The maximum atomic E-state index is 15.0. The van der Waals surface area contributed by atoms with Gasteiger partial charge in [-0.3, -0.25) is 9.59 Å². The molecule has 356 valence electrons. The number of carbonyl (C=O) groups excluding carboxylic acids is 4. The lowest BCUT2D eigenvalue weighted by atomic mass is 9.83. The number of esters is 1. The van der Waals surface area contributed by atoms with E-state index in [0.717, 1.165) is 43.7 Å². The summed E-state index contributed by atoms with van der Waals surface area (Å²) in [6.07, 6.45) is 11.0. The molecule has 2 aromatic heterocycles. The average molecular weight is 938 g/mol. The Morgan fingerprint density at radius 3 is 2.42 bits per heavy atom. The molecule has 3 aromatic rings. The van der Waals surface area contributed by atoms with Crippen LogP contribution in [0.25, 0.3) is 22.3 Å². The quantitative estimate of drug-likeness (QED) is 0.112. The molecule has 1 saturated carbocycles. The number of anilines is 1. The van der Waals surface area contributed by atoms with Crippen LogP contribution < -0.4 is 30.7 Å². The number of aromatic nitrogens is 2. The zero-order chi connectivity index (χ0) is 46.9. The molecule has 6 rings (SSSR count). The lowest BCUT2D eigenvalue weighted by Gasteiger charge is -2.40. The minimum absolute atomic E-state index is 0.00935. The summed E-state index contributed by atoms with van der Waals surface area (Å²) >= 11 is 1.46. The van der Waals surface area contributed by atoms with Crippen LogP contribution in [0.4, 0.5) is 9.93 Å². The van der Waals surface area contributed by atoms with Crippen molar-refractivity contribution in [1.29, 1.82) is 0 Å². The van der Waals surface area contributed by atoms with E-state index in [-0.39, 0.29) is 31.2 Å². The molecule has 0 spiro atoms. The number of ether oxygens (including phenoxy) is 3. The molecular weight excluding hydrogens is 871 g/mol. The fourth-order valence-corrected chi connectivity index (χ4v) is 11.1. The second-order valence-electron chi connectivity index (χ2n) is 18.8. The Kier molecular flexibility index (Phi) is 16.4. The monoisotopic (exact) mass is 937 g/mol. The Morgan fingerprint density at radius 1 is 0.969 bits per heavy atom. The highest BCUT2D eigenvalue weighted by molar-refractivity contribution is 7.92. The lowest BCUT2D eigenvalue weighted by molar-refractivity contribution is -0.146. The number of nitrogens with one attached hydrogen (secondary N) is 4. The molecule has 0 radical (unpaired) electrons. The van der Waals surface area contributed by atoms with E-state index in [1.54, 1.807) is 40.0 Å². The number of urea groups is 1. The highest BCUT2D eigenvalue weighted by Gasteiger charge is 2.46. The average Bonchev–Trinajstić information content (AvgIpc) is 3.90. The molecule has 18 heteroatoms. The van der Waals surface area contributed by atoms with Gasteiger partial charge < -0.3 is 40.4 Å². The first-order valence-electron chi connectivity index (χ1n) is 22.9. The molecule has 16 nitrogen and oxygen atoms in total. The number of carbonyl (C=O) groups is 4. The van der Waals surface area contributed by atoms with Crippen LogP contribution in [0.3, 0.4) is 0 Å². The Labute approximate surface area is 387 Å². The molecule has 4 amide bonds. The van der Waals surface area contributed by atoms with E-state index in [9.17, 15) is 22.8 Å². The van der Waals surface area contributed by atoms with E-state index in [1.807, 2.05) is 43.5 Å². The molecule has 1 unspecified atom stereocenters. The van der Waals surface area contributed by atoms with Gasteiger partial charge in [-0.2, -0.15) is 0 Å². The fourth-order valence-electron chi connectivity index (χ4n) is 8.74. The van der Waals surface area contributed by atoms with E-state index < -0.39 is 68.2 Å². The lowest BCUT2D eigenvalue weighted by Crippen LogP contribution is -2.61. The molecule has 1 saturated heterocycles. The standard InChI is InChI=1S/C47H67N7O9S2/c1-30(2)48-45-52-38(28-64-45)37-26-40(33-21-20-31(61-6)24-36(33)49-37)63-32-25-39-41(55)50-35(43(57)62-7)19-15-12-10-8-9-11-14-18-34(42(56)54(39)27-32)51-44(58)53-47(22-16-13-17-23-47)29-65(59,60)46(3,4)5/h10,12,20-21,24,26,28,30,32,34-35,39H,8-9,11,13-19,22-23,25,27,29H2,1-7H3,(H,48,52)(H,50,55)(H2,51,53,58)/t32?,34-,35-,39-/m0/s1. The number of hydrogen-bond acceptors (Lipinski definition) is 13. The van der Waals surface area contributed by atoms with Crippen LogP contribution in [0.15, 0.2) is 41.8 Å². The van der Waals surface area contributed by atoms with Gasteiger partial charge in [-0.05, 0) is 91.7 Å². The molecule has 2 aliphatic heterocycles. The number of fused-ring (bicyclic) bond motifs is 2. The number of sulfone groups is 1. The van der Waals surface area contributed by atoms with Crippen LogP contribution in [-0.2, 0) is 29.0 Å². The van der Waals surface area contributed by atoms with E-state index in [1.165, 1.54) is 23.3 Å². The Bertz CT molecular complexity index is 2300. The highest BCUT2D eigenvalue weighted by Crippen LogP contribution is 2.36. The number of methoxy groups -OCH3 is 2. The molecule has 1 aliphatic carbocycles. The first-order chi connectivity index (χ1) is 30.9. The number of rotatable bonds is 11. The third kappa shape index (κ3) is 12.7. The van der Waals surface area contributed by atoms with Crippen molar-refractivity contribution >= 4 is 61.0 Å². The van der Waals surface area contributed by atoms with E-state index in [2.05, 4.69) is 21.3 Å². The normalized spacial score (nSPS) is 22.5. The molecular formula is C47H67N7O9S2. The van der Waals surface area contributed by atoms with Crippen molar-refractivity contribution in [1.82, 2.24) is 30.8 Å². The molecule has 65 heavy (non-hydrogen) atoms. The molecule has 3 aliphatic rings. The van der Waals surface area contributed by atoms with Gasteiger partial charge in [0.15, 0.2) is 15.0 Å². The zero-order valence-electron chi connectivity index (χ0n) is 38.9. The topological polar surface area (TPSA) is 207 Å². The second-order valence-corrected chi connectivity index (χ2v) is 22.4. The minimum atomic E-state index is -3.62. The largest absolute Gasteiger partial charge is 0.497 e. The third-order valence-corrected chi connectivity index (χ3v) is 16.0. The number of allylic oxidation sites excluding steroid dienone is 2. The van der Waals surface area contributed by atoms with Gasteiger partial charge in [0.1, 0.15) is 41.4 Å². The number of thiazole rings is 1.